The molecule has 3 nitrogen and oxygen atoms in total. The third-order valence-corrected chi connectivity index (χ3v) is 2.92. The first-order chi connectivity index (χ1) is 8.97. The van der Waals surface area contributed by atoms with Gasteiger partial charge in [-0.25, -0.2) is 0 Å². The maximum absolute atomic E-state index is 11.8. The van der Waals surface area contributed by atoms with Gasteiger partial charge in [0.25, 0.3) is 0 Å². The van der Waals surface area contributed by atoms with Crippen LogP contribution in [-0.4, -0.2) is 10.9 Å². The Morgan fingerprint density at radius 2 is 1.79 bits per heavy atom. The number of furan rings is 1. The zero-order chi connectivity index (χ0) is 14.0. The number of aryl methyl sites for hydroxylation is 3. The highest BCUT2D eigenvalue weighted by Gasteiger charge is 2.06. The lowest BCUT2D eigenvalue weighted by Crippen LogP contribution is -1.91. The molecule has 0 saturated heterocycles. The summed E-state index contributed by atoms with van der Waals surface area (Å²) in [7, 11) is 0. The predicted octanol–water partition coefficient (Wildman–Crippen LogP) is 3.81. The first-order valence-corrected chi connectivity index (χ1v) is 6.06. The second-order valence-electron chi connectivity index (χ2n) is 4.61. The van der Waals surface area contributed by atoms with Gasteiger partial charge in [0.1, 0.15) is 11.5 Å². The minimum atomic E-state index is -0.170. The molecule has 0 aliphatic carbocycles. The molecule has 0 atom stereocenters. The van der Waals surface area contributed by atoms with Crippen LogP contribution in [0, 0.1) is 20.8 Å². The van der Waals surface area contributed by atoms with Crippen LogP contribution in [0.15, 0.2) is 34.8 Å². The molecule has 3 heteroatoms. The minimum Gasteiger partial charge on any atom is -0.507 e. The summed E-state index contributed by atoms with van der Waals surface area (Å²) >= 11 is 0. The number of carbonyl (C=O) groups excluding carboxylic acids is 1. The van der Waals surface area contributed by atoms with Crippen molar-refractivity contribution in [3.63, 3.8) is 0 Å². The second kappa shape index (κ2) is 5.14. The normalized spacial score (nSPS) is 11.1. The molecular weight excluding hydrogens is 240 g/mol. The highest BCUT2D eigenvalue weighted by atomic mass is 16.3. The molecule has 0 bridgehead atoms. The molecule has 0 spiro atoms. The predicted molar refractivity (Wildman–Crippen MR) is 74.4 cm³/mol. The number of phenolic OH excluding ortho intramolecular Hbond substituents is 1. The van der Waals surface area contributed by atoms with Crippen molar-refractivity contribution >= 4 is 11.9 Å². The van der Waals surface area contributed by atoms with Crippen LogP contribution in [0.5, 0.6) is 5.75 Å². The zero-order valence-electron chi connectivity index (χ0n) is 11.2. The maximum Gasteiger partial charge on any atom is 0.221 e. The average Bonchev–Trinajstić information content (AvgIpc) is 2.79. The van der Waals surface area contributed by atoms with Crippen molar-refractivity contribution in [2.24, 2.45) is 0 Å². The summed E-state index contributed by atoms with van der Waals surface area (Å²) in [6.45, 7) is 5.46. The van der Waals surface area contributed by atoms with Crippen molar-refractivity contribution in [2.45, 2.75) is 20.8 Å². The van der Waals surface area contributed by atoms with Gasteiger partial charge in [-0.3, -0.25) is 4.79 Å². The molecule has 19 heavy (non-hydrogen) atoms. The van der Waals surface area contributed by atoms with Crippen LogP contribution < -0.4 is 0 Å². The topological polar surface area (TPSA) is 50.4 Å². The van der Waals surface area contributed by atoms with E-state index in [1.807, 2.05) is 26.0 Å². The van der Waals surface area contributed by atoms with Crippen molar-refractivity contribution in [1.82, 2.24) is 0 Å². The Morgan fingerprint density at radius 1 is 1.16 bits per heavy atom. The number of hydrogen-bond acceptors (Lipinski definition) is 3. The lowest BCUT2D eigenvalue weighted by Gasteiger charge is -2.04. The first-order valence-electron chi connectivity index (χ1n) is 6.06. The summed E-state index contributed by atoms with van der Waals surface area (Å²) in [5.74, 6) is 1.18. The van der Waals surface area contributed by atoms with Gasteiger partial charge in [0.15, 0.2) is 5.76 Å². The van der Waals surface area contributed by atoms with Crippen LogP contribution in [0.4, 0.5) is 0 Å². The zero-order valence-corrected chi connectivity index (χ0v) is 11.2. The van der Waals surface area contributed by atoms with E-state index in [-0.39, 0.29) is 5.78 Å². The fourth-order valence-corrected chi connectivity index (χ4v) is 1.91. The van der Waals surface area contributed by atoms with Crippen LogP contribution >= 0.6 is 0 Å². The van der Waals surface area contributed by atoms with Gasteiger partial charge in [-0.15, -0.1) is 0 Å². The molecule has 0 amide bonds. The number of rotatable bonds is 3. The monoisotopic (exact) mass is 256 g/mol. The van der Waals surface area contributed by atoms with Crippen LogP contribution in [0.25, 0.3) is 6.08 Å². The Hall–Kier alpha value is -2.29. The van der Waals surface area contributed by atoms with Crippen LogP contribution in [0.3, 0.4) is 0 Å². The van der Waals surface area contributed by atoms with Gasteiger partial charge in [-0.2, -0.15) is 0 Å². The Morgan fingerprint density at radius 3 is 2.32 bits per heavy atom. The summed E-state index contributed by atoms with van der Waals surface area (Å²) in [6, 6.07) is 7.09. The number of hydrogen-bond donors (Lipinski definition) is 1. The lowest BCUT2D eigenvalue weighted by atomic mass is 10.0. The van der Waals surface area contributed by atoms with Crippen molar-refractivity contribution in [2.75, 3.05) is 0 Å². The SMILES string of the molecule is Cc1ccc(C(=O)C=Cc2cc(C)c(O)c(C)c2)o1. The summed E-state index contributed by atoms with van der Waals surface area (Å²) in [5.41, 5.74) is 2.46. The van der Waals surface area contributed by atoms with Crippen LogP contribution in [-0.2, 0) is 0 Å². The number of ketones is 1. The van der Waals surface area contributed by atoms with Crippen molar-refractivity contribution in [1.29, 1.82) is 0 Å². The van der Waals surface area contributed by atoms with Crippen LogP contribution in [0.1, 0.15) is 33.0 Å². The molecular formula is C16H16O3. The first kappa shape index (κ1) is 13.1. The Labute approximate surface area is 112 Å². The standard InChI is InChI=1S/C16H16O3/c1-10-8-13(9-11(2)16(10)18)5-6-14(17)15-7-4-12(3)19-15/h4-9,18H,1-3H3. The van der Waals surface area contributed by atoms with E-state index in [1.165, 1.54) is 6.08 Å². The van der Waals surface area contributed by atoms with E-state index < -0.39 is 0 Å². The van der Waals surface area contributed by atoms with E-state index in [2.05, 4.69) is 0 Å². The molecule has 0 unspecified atom stereocenters. The quantitative estimate of drug-likeness (QED) is 0.671. The van der Waals surface area contributed by atoms with Gasteiger partial charge in [0, 0.05) is 0 Å². The molecule has 0 aliphatic rings. The van der Waals surface area contributed by atoms with E-state index in [0.717, 1.165) is 16.7 Å². The van der Waals surface area contributed by atoms with Gasteiger partial charge in [0.05, 0.1) is 0 Å². The van der Waals surface area contributed by atoms with E-state index in [0.29, 0.717) is 17.3 Å². The summed E-state index contributed by atoms with van der Waals surface area (Å²) in [6.07, 6.45) is 3.20. The molecule has 2 rings (SSSR count). The number of carbonyl (C=O) groups is 1. The van der Waals surface area contributed by atoms with Gasteiger partial charge in [0.2, 0.25) is 5.78 Å². The molecule has 1 N–H and O–H groups in total. The molecule has 1 heterocycles. The smallest absolute Gasteiger partial charge is 0.221 e. The minimum absolute atomic E-state index is 0.170. The maximum atomic E-state index is 11.8. The third-order valence-electron chi connectivity index (χ3n) is 2.92. The summed E-state index contributed by atoms with van der Waals surface area (Å²) < 4.78 is 5.26. The Balaban J connectivity index is 2.21. The molecule has 0 radical (unpaired) electrons. The molecule has 2 aromatic rings. The van der Waals surface area contributed by atoms with Crippen molar-refractivity contribution in [3.8, 4) is 5.75 Å². The van der Waals surface area contributed by atoms with Gasteiger partial charge >= 0.3 is 0 Å². The summed E-state index contributed by atoms with van der Waals surface area (Å²) in [5, 5.41) is 9.68. The molecule has 98 valence electrons. The Bertz CT molecular complexity index is 625. The Kier molecular flexibility index (Phi) is 3.56. The molecule has 1 aromatic carbocycles. The third kappa shape index (κ3) is 2.94. The number of benzene rings is 1. The number of phenols is 1. The number of allylic oxidation sites excluding steroid dienone is 1. The van der Waals surface area contributed by atoms with Crippen LogP contribution in [0.2, 0.25) is 0 Å². The summed E-state index contributed by atoms with van der Waals surface area (Å²) in [4.78, 5) is 11.8. The van der Waals surface area contributed by atoms with E-state index in [1.54, 1.807) is 25.1 Å². The largest absolute Gasteiger partial charge is 0.507 e. The average molecular weight is 256 g/mol. The van der Waals surface area contributed by atoms with E-state index in [4.69, 9.17) is 4.42 Å². The van der Waals surface area contributed by atoms with Gasteiger partial charge in [-0.1, -0.05) is 6.08 Å². The fourth-order valence-electron chi connectivity index (χ4n) is 1.91. The van der Waals surface area contributed by atoms with Crippen molar-refractivity contribution < 1.29 is 14.3 Å². The molecule has 0 fully saturated rings. The molecule has 1 aromatic heterocycles. The van der Waals surface area contributed by atoms with E-state index >= 15 is 0 Å². The highest BCUT2D eigenvalue weighted by Crippen LogP contribution is 2.23. The van der Waals surface area contributed by atoms with E-state index in [9.17, 15) is 9.90 Å². The fraction of sp³-hybridized carbons (Fsp3) is 0.188. The molecule has 0 aliphatic heterocycles. The lowest BCUT2D eigenvalue weighted by molar-refractivity contribution is 0.102. The second-order valence-corrected chi connectivity index (χ2v) is 4.61. The van der Waals surface area contributed by atoms with Crippen molar-refractivity contribution in [3.05, 3.63) is 58.6 Å². The van der Waals surface area contributed by atoms with Gasteiger partial charge in [-0.05, 0) is 67.8 Å². The highest BCUT2D eigenvalue weighted by molar-refractivity contribution is 6.04. The van der Waals surface area contributed by atoms with Gasteiger partial charge < -0.3 is 9.52 Å². The number of aromatic hydroxyl groups is 1. The molecule has 0 saturated carbocycles.